The van der Waals surface area contributed by atoms with Crippen LogP contribution in [-0.4, -0.2) is 29.3 Å². The summed E-state index contributed by atoms with van der Waals surface area (Å²) in [5.41, 5.74) is 0. The van der Waals surface area contributed by atoms with Gasteiger partial charge in [0.15, 0.2) is 0 Å². The number of fused-ring (bicyclic) bond motifs is 1. The molecule has 3 heteroatoms. The minimum atomic E-state index is 0.588. The smallest absolute Gasteiger partial charge is 0.124 e. The second-order valence-electron chi connectivity index (χ2n) is 6.87. The maximum atomic E-state index is 5.72. The van der Waals surface area contributed by atoms with E-state index in [2.05, 4.69) is 25.7 Å². The first kappa shape index (κ1) is 15.3. The molecule has 0 spiro atoms. The Hall–Kier alpha value is -0.0451. The van der Waals surface area contributed by atoms with E-state index >= 15 is 0 Å². The zero-order valence-electron chi connectivity index (χ0n) is 13.0. The normalized spacial score (nSPS) is 32.7. The Morgan fingerprint density at radius 2 is 1.89 bits per heavy atom. The SMILES string of the molecule is CCBC1CCCCCCC2C1CC(=S)N2C(C)C. The van der Waals surface area contributed by atoms with Gasteiger partial charge >= 0.3 is 0 Å². The molecule has 0 aromatic rings. The van der Waals surface area contributed by atoms with E-state index in [1.54, 1.807) is 0 Å². The van der Waals surface area contributed by atoms with Crippen molar-refractivity contribution < 1.29 is 0 Å². The second kappa shape index (κ2) is 7.10. The molecular formula is C16H30BNS. The molecule has 108 valence electrons. The molecule has 3 atom stereocenters. The van der Waals surface area contributed by atoms with Crippen molar-refractivity contribution in [3.63, 3.8) is 0 Å². The van der Waals surface area contributed by atoms with Crippen LogP contribution in [-0.2, 0) is 0 Å². The van der Waals surface area contributed by atoms with Gasteiger partial charge in [0.2, 0.25) is 0 Å². The topological polar surface area (TPSA) is 3.24 Å². The van der Waals surface area contributed by atoms with Crippen molar-refractivity contribution in [2.45, 2.75) is 89.9 Å². The summed E-state index contributed by atoms with van der Waals surface area (Å²) in [4.78, 5) is 3.85. The van der Waals surface area contributed by atoms with Crippen LogP contribution >= 0.6 is 12.2 Å². The summed E-state index contributed by atoms with van der Waals surface area (Å²) in [6.07, 6.45) is 11.1. The van der Waals surface area contributed by atoms with Crippen LogP contribution in [0.3, 0.4) is 0 Å². The Morgan fingerprint density at radius 1 is 1.21 bits per heavy atom. The molecule has 3 unspecified atom stereocenters. The molecule has 1 saturated heterocycles. The van der Waals surface area contributed by atoms with Crippen LogP contribution in [0.4, 0.5) is 0 Å². The van der Waals surface area contributed by atoms with Gasteiger partial charge < -0.3 is 4.90 Å². The first-order valence-corrected chi connectivity index (χ1v) is 8.87. The van der Waals surface area contributed by atoms with Gasteiger partial charge in [0.05, 0.1) is 4.99 Å². The average Bonchev–Trinajstić information content (AvgIpc) is 2.71. The van der Waals surface area contributed by atoms with Crippen LogP contribution in [0.15, 0.2) is 0 Å². The summed E-state index contributed by atoms with van der Waals surface area (Å²) in [6, 6.07) is 1.34. The van der Waals surface area contributed by atoms with Crippen LogP contribution in [0.2, 0.25) is 12.1 Å². The first-order chi connectivity index (χ1) is 9.15. The van der Waals surface area contributed by atoms with Gasteiger partial charge in [-0.15, -0.1) is 0 Å². The molecule has 1 heterocycles. The molecule has 2 fully saturated rings. The summed E-state index contributed by atoms with van der Waals surface area (Å²) in [5, 5.41) is 0. The van der Waals surface area contributed by atoms with E-state index in [-0.39, 0.29) is 0 Å². The second-order valence-corrected chi connectivity index (χ2v) is 7.34. The maximum Gasteiger partial charge on any atom is 0.124 e. The highest BCUT2D eigenvalue weighted by Crippen LogP contribution is 2.42. The minimum absolute atomic E-state index is 0.588. The number of nitrogens with zero attached hydrogens (tertiary/aromatic N) is 1. The number of hydrogen-bond donors (Lipinski definition) is 0. The molecule has 0 aromatic heterocycles. The van der Waals surface area contributed by atoms with Crippen LogP contribution in [0.25, 0.3) is 0 Å². The van der Waals surface area contributed by atoms with Crippen molar-refractivity contribution in [2.24, 2.45) is 5.92 Å². The maximum absolute atomic E-state index is 5.72. The van der Waals surface area contributed by atoms with Crippen LogP contribution in [0.5, 0.6) is 0 Å². The van der Waals surface area contributed by atoms with Gasteiger partial charge in [-0.05, 0) is 26.2 Å². The summed E-state index contributed by atoms with van der Waals surface area (Å²) < 4.78 is 0. The highest BCUT2D eigenvalue weighted by molar-refractivity contribution is 7.80. The lowest BCUT2D eigenvalue weighted by Crippen LogP contribution is -2.40. The number of rotatable bonds is 3. The zero-order chi connectivity index (χ0) is 13.8. The Morgan fingerprint density at radius 3 is 2.53 bits per heavy atom. The molecule has 2 rings (SSSR count). The van der Waals surface area contributed by atoms with E-state index < -0.39 is 0 Å². The molecule has 1 aliphatic heterocycles. The van der Waals surface area contributed by atoms with Gasteiger partial charge in [-0.2, -0.15) is 0 Å². The fourth-order valence-corrected chi connectivity index (χ4v) is 4.93. The highest BCUT2D eigenvalue weighted by atomic mass is 32.1. The summed E-state index contributed by atoms with van der Waals surface area (Å²) in [7, 11) is 1.41. The predicted octanol–water partition coefficient (Wildman–Crippen LogP) is 4.43. The molecule has 0 amide bonds. The fourth-order valence-electron chi connectivity index (χ4n) is 4.40. The molecule has 2 aliphatic rings. The Bertz CT molecular complexity index is 305. The predicted molar refractivity (Wildman–Crippen MR) is 90.6 cm³/mol. The summed E-state index contributed by atoms with van der Waals surface area (Å²) in [6.45, 7) is 6.97. The lowest BCUT2D eigenvalue weighted by atomic mass is 9.54. The number of thiocarbonyl (C=S) groups is 1. The van der Waals surface area contributed by atoms with E-state index in [0.717, 1.165) is 17.8 Å². The third-order valence-corrected chi connectivity index (χ3v) is 5.57. The van der Waals surface area contributed by atoms with Gasteiger partial charge in [0.25, 0.3) is 0 Å². The van der Waals surface area contributed by atoms with E-state index in [1.165, 1.54) is 63.5 Å². The lowest BCUT2D eigenvalue weighted by Gasteiger charge is -2.35. The molecule has 1 nitrogen and oxygen atoms in total. The van der Waals surface area contributed by atoms with Gasteiger partial charge in [0, 0.05) is 18.5 Å². The molecule has 0 bridgehead atoms. The zero-order valence-corrected chi connectivity index (χ0v) is 13.8. The van der Waals surface area contributed by atoms with E-state index in [4.69, 9.17) is 12.2 Å². The Labute approximate surface area is 125 Å². The Kier molecular flexibility index (Phi) is 5.74. The summed E-state index contributed by atoms with van der Waals surface area (Å²) >= 11 is 5.72. The quantitative estimate of drug-likeness (QED) is 0.555. The van der Waals surface area contributed by atoms with Crippen molar-refractivity contribution >= 4 is 24.5 Å². The third-order valence-electron chi connectivity index (χ3n) is 5.20. The molecule has 1 aliphatic carbocycles. The molecule has 0 N–H and O–H groups in total. The first-order valence-electron chi connectivity index (χ1n) is 8.46. The number of likely N-dealkylation sites (tertiary alicyclic amines) is 1. The van der Waals surface area contributed by atoms with Crippen molar-refractivity contribution in [1.82, 2.24) is 4.90 Å². The van der Waals surface area contributed by atoms with Crippen molar-refractivity contribution in [3.8, 4) is 0 Å². The number of hydrogen-bond acceptors (Lipinski definition) is 1. The highest BCUT2D eigenvalue weighted by Gasteiger charge is 2.41. The molecule has 19 heavy (non-hydrogen) atoms. The molecule has 1 saturated carbocycles. The van der Waals surface area contributed by atoms with Gasteiger partial charge in [-0.3, -0.25) is 0 Å². The largest absolute Gasteiger partial charge is 0.360 e. The molecule has 0 aromatic carbocycles. The minimum Gasteiger partial charge on any atom is -0.360 e. The average molecular weight is 279 g/mol. The van der Waals surface area contributed by atoms with Crippen molar-refractivity contribution in [2.75, 3.05) is 0 Å². The van der Waals surface area contributed by atoms with Gasteiger partial charge in [0.1, 0.15) is 7.28 Å². The van der Waals surface area contributed by atoms with Crippen molar-refractivity contribution in [1.29, 1.82) is 0 Å². The monoisotopic (exact) mass is 279 g/mol. The van der Waals surface area contributed by atoms with Crippen LogP contribution in [0.1, 0.15) is 65.7 Å². The lowest BCUT2D eigenvalue weighted by molar-refractivity contribution is 0.217. The van der Waals surface area contributed by atoms with Gasteiger partial charge in [-0.1, -0.05) is 63.4 Å². The van der Waals surface area contributed by atoms with E-state index in [1.807, 2.05) is 0 Å². The van der Waals surface area contributed by atoms with Crippen LogP contribution in [0, 0.1) is 5.92 Å². The molecular weight excluding hydrogens is 249 g/mol. The molecule has 0 radical (unpaired) electrons. The fraction of sp³-hybridized carbons (Fsp3) is 0.938. The van der Waals surface area contributed by atoms with Crippen molar-refractivity contribution in [3.05, 3.63) is 0 Å². The van der Waals surface area contributed by atoms with Crippen LogP contribution < -0.4 is 0 Å². The van der Waals surface area contributed by atoms with E-state index in [9.17, 15) is 0 Å². The summed E-state index contributed by atoms with van der Waals surface area (Å²) in [5.74, 6) is 1.78. The Balaban J connectivity index is 2.17. The van der Waals surface area contributed by atoms with E-state index in [0.29, 0.717) is 6.04 Å². The third kappa shape index (κ3) is 3.54. The standard InChI is InChI=1S/C16H30BNS/c1-4-17-14-9-7-5-6-8-10-15-13(14)11-16(19)18(15)12(2)3/h12-15,17H,4-11H2,1-3H3. The van der Waals surface area contributed by atoms with Gasteiger partial charge in [-0.25, -0.2) is 0 Å².